The summed E-state index contributed by atoms with van der Waals surface area (Å²) < 4.78 is 27.4. The van der Waals surface area contributed by atoms with Crippen molar-refractivity contribution in [1.82, 2.24) is 0 Å². The van der Waals surface area contributed by atoms with Gasteiger partial charge >= 0.3 is 0 Å². The Hall–Kier alpha value is -0.840. The Morgan fingerprint density at radius 1 is 1.33 bits per heavy atom. The molecule has 0 amide bonds. The summed E-state index contributed by atoms with van der Waals surface area (Å²) in [6.45, 7) is 1.10. The van der Waals surface area contributed by atoms with Crippen molar-refractivity contribution in [1.29, 1.82) is 0 Å². The molecule has 0 saturated carbocycles. The molecule has 0 fully saturated rings. The van der Waals surface area contributed by atoms with E-state index in [0.29, 0.717) is 13.2 Å². The summed E-state index contributed by atoms with van der Waals surface area (Å²) in [7, 11) is 1.61. The highest BCUT2D eigenvalue weighted by Gasteiger charge is 2.13. The van der Waals surface area contributed by atoms with Crippen LogP contribution >= 0.6 is 10.7 Å². The highest BCUT2D eigenvalue weighted by Crippen LogP contribution is 2.23. The van der Waals surface area contributed by atoms with Gasteiger partial charge in [0.25, 0.3) is 9.05 Å². The van der Waals surface area contributed by atoms with E-state index >= 15 is 0 Å². The Morgan fingerprint density at radius 2 is 2.13 bits per heavy atom. The molecule has 0 saturated heterocycles. The monoisotopic (exact) mass is 244 g/mol. The summed E-state index contributed by atoms with van der Waals surface area (Å²) >= 11 is 0. The minimum Gasteiger partial charge on any atom is -0.373 e. The first-order chi connectivity index (χ1) is 7.07. The zero-order chi connectivity index (χ0) is 10.9. The molecule has 0 atom stereocenters. The predicted molar refractivity (Wildman–Crippen MR) is 58.3 cm³/mol. The van der Waals surface area contributed by atoms with E-state index in [-0.39, 0.29) is 4.90 Å². The second-order valence-electron chi connectivity index (χ2n) is 3.21. The summed E-state index contributed by atoms with van der Waals surface area (Å²) in [5.74, 6) is 0. The van der Waals surface area contributed by atoms with Gasteiger partial charge in [0.1, 0.15) is 0 Å². The van der Waals surface area contributed by atoms with Crippen molar-refractivity contribution in [2.75, 3.05) is 13.2 Å². The van der Waals surface area contributed by atoms with E-state index < -0.39 is 9.05 Å². The van der Waals surface area contributed by atoms with Crippen LogP contribution in [0.3, 0.4) is 0 Å². The lowest BCUT2D eigenvalue weighted by Gasteiger charge is -2.03. The average Bonchev–Trinajstić information content (AvgIpc) is 2.69. The Kier molecular flexibility index (Phi) is 2.82. The molecule has 1 aliphatic rings. The van der Waals surface area contributed by atoms with Crippen molar-refractivity contribution in [3.63, 3.8) is 0 Å². The van der Waals surface area contributed by atoms with Gasteiger partial charge in [0.15, 0.2) is 0 Å². The van der Waals surface area contributed by atoms with E-state index in [9.17, 15) is 8.42 Å². The zero-order valence-corrected chi connectivity index (χ0v) is 9.38. The molecule has 80 valence electrons. The van der Waals surface area contributed by atoms with E-state index in [1.54, 1.807) is 12.1 Å². The number of benzene rings is 1. The lowest BCUT2D eigenvalue weighted by molar-refractivity contribution is 0.216. The molecule has 0 bridgehead atoms. The molecule has 0 radical (unpaired) electrons. The van der Waals surface area contributed by atoms with E-state index in [2.05, 4.69) is 0 Å². The lowest BCUT2D eigenvalue weighted by Crippen LogP contribution is -1.93. The van der Waals surface area contributed by atoms with Crippen LogP contribution < -0.4 is 0 Å². The Bertz CT molecular complexity index is 505. The molecule has 3 nitrogen and oxygen atoms in total. The Labute approximate surface area is 92.7 Å². The fourth-order valence-electron chi connectivity index (χ4n) is 1.44. The standard InChI is InChI=1S/C10H9ClO3S/c11-15(12,13)10-3-1-2-8(6-10)9-4-5-14-7-9/h1-4,6H,5,7H2. The van der Waals surface area contributed by atoms with Gasteiger partial charge in [-0.1, -0.05) is 18.2 Å². The van der Waals surface area contributed by atoms with Gasteiger partial charge in [-0.2, -0.15) is 0 Å². The van der Waals surface area contributed by atoms with Gasteiger partial charge in [-0.25, -0.2) is 8.42 Å². The van der Waals surface area contributed by atoms with E-state index in [4.69, 9.17) is 15.4 Å². The first-order valence-corrected chi connectivity index (χ1v) is 6.70. The van der Waals surface area contributed by atoms with E-state index in [0.717, 1.165) is 11.1 Å². The zero-order valence-electron chi connectivity index (χ0n) is 7.81. The summed E-state index contributed by atoms with van der Waals surface area (Å²) in [5, 5.41) is 0. The molecular formula is C10H9ClO3S. The first-order valence-electron chi connectivity index (χ1n) is 4.39. The first kappa shape index (κ1) is 10.7. The second-order valence-corrected chi connectivity index (χ2v) is 5.78. The molecule has 1 aromatic rings. The summed E-state index contributed by atoms with van der Waals surface area (Å²) in [4.78, 5) is 0.120. The third-order valence-electron chi connectivity index (χ3n) is 2.19. The molecule has 1 heterocycles. The van der Waals surface area contributed by atoms with Crippen LogP contribution in [0.5, 0.6) is 0 Å². The van der Waals surface area contributed by atoms with Gasteiger partial charge in [0, 0.05) is 10.7 Å². The minimum atomic E-state index is -3.65. The number of halogens is 1. The SMILES string of the molecule is O=S(=O)(Cl)c1cccc(C2=CCOC2)c1. The maximum atomic E-state index is 11.1. The van der Waals surface area contributed by atoms with Crippen LogP contribution in [-0.2, 0) is 13.8 Å². The van der Waals surface area contributed by atoms with Crippen LogP contribution in [0.1, 0.15) is 5.56 Å². The van der Waals surface area contributed by atoms with Crippen molar-refractivity contribution in [3.05, 3.63) is 35.9 Å². The van der Waals surface area contributed by atoms with Crippen LogP contribution in [0.4, 0.5) is 0 Å². The fourth-order valence-corrected chi connectivity index (χ4v) is 2.23. The van der Waals surface area contributed by atoms with Crippen LogP contribution in [0.25, 0.3) is 5.57 Å². The summed E-state index contributed by atoms with van der Waals surface area (Å²) in [5.41, 5.74) is 1.84. The molecule has 1 aromatic carbocycles. The summed E-state index contributed by atoms with van der Waals surface area (Å²) in [6, 6.07) is 6.54. The van der Waals surface area contributed by atoms with Crippen LogP contribution in [-0.4, -0.2) is 21.6 Å². The minimum absolute atomic E-state index is 0.120. The normalized spacial score (nSPS) is 16.5. The third kappa shape index (κ3) is 2.40. The van der Waals surface area contributed by atoms with E-state index in [1.807, 2.05) is 12.1 Å². The average molecular weight is 245 g/mol. The van der Waals surface area contributed by atoms with Crippen molar-refractivity contribution in [3.8, 4) is 0 Å². The van der Waals surface area contributed by atoms with Crippen molar-refractivity contribution >= 4 is 25.3 Å². The molecule has 0 spiro atoms. The van der Waals surface area contributed by atoms with Crippen molar-refractivity contribution in [2.24, 2.45) is 0 Å². The number of hydrogen-bond donors (Lipinski definition) is 0. The lowest BCUT2D eigenvalue weighted by atomic mass is 10.1. The fraction of sp³-hybridized carbons (Fsp3) is 0.200. The number of hydrogen-bond acceptors (Lipinski definition) is 3. The van der Waals surface area contributed by atoms with Gasteiger partial charge < -0.3 is 4.74 Å². The van der Waals surface area contributed by atoms with Crippen molar-refractivity contribution < 1.29 is 13.2 Å². The molecule has 5 heteroatoms. The van der Waals surface area contributed by atoms with E-state index in [1.165, 1.54) is 6.07 Å². The maximum absolute atomic E-state index is 11.1. The molecular weight excluding hydrogens is 236 g/mol. The van der Waals surface area contributed by atoms with Gasteiger partial charge in [-0.05, 0) is 23.3 Å². The smallest absolute Gasteiger partial charge is 0.261 e. The topological polar surface area (TPSA) is 43.4 Å². The molecule has 2 rings (SSSR count). The van der Waals surface area contributed by atoms with Gasteiger partial charge in [-0.3, -0.25) is 0 Å². The predicted octanol–water partition coefficient (Wildman–Crippen LogP) is 2.03. The van der Waals surface area contributed by atoms with Gasteiger partial charge in [0.2, 0.25) is 0 Å². The maximum Gasteiger partial charge on any atom is 0.261 e. The molecule has 0 aliphatic carbocycles. The third-order valence-corrected chi connectivity index (χ3v) is 3.54. The Morgan fingerprint density at radius 3 is 2.73 bits per heavy atom. The second kappa shape index (κ2) is 3.96. The molecule has 0 N–H and O–H groups in total. The largest absolute Gasteiger partial charge is 0.373 e. The molecule has 1 aliphatic heterocycles. The highest BCUT2D eigenvalue weighted by atomic mass is 35.7. The van der Waals surface area contributed by atoms with Gasteiger partial charge in [0.05, 0.1) is 18.1 Å². The van der Waals surface area contributed by atoms with Crippen LogP contribution in [0, 0.1) is 0 Å². The number of rotatable bonds is 2. The number of ether oxygens (including phenoxy) is 1. The molecule has 15 heavy (non-hydrogen) atoms. The Balaban J connectivity index is 2.43. The van der Waals surface area contributed by atoms with Gasteiger partial charge in [-0.15, -0.1) is 0 Å². The highest BCUT2D eigenvalue weighted by molar-refractivity contribution is 8.13. The van der Waals surface area contributed by atoms with Crippen molar-refractivity contribution in [2.45, 2.75) is 4.90 Å². The summed E-state index contributed by atoms with van der Waals surface area (Å²) in [6.07, 6.45) is 1.93. The van der Waals surface area contributed by atoms with Crippen LogP contribution in [0.2, 0.25) is 0 Å². The van der Waals surface area contributed by atoms with Crippen LogP contribution in [0.15, 0.2) is 35.2 Å². The quantitative estimate of drug-likeness (QED) is 0.748. The molecule has 0 unspecified atom stereocenters. The molecule has 0 aromatic heterocycles.